The predicted octanol–water partition coefficient (Wildman–Crippen LogP) is 3.10. The molecule has 10 heteroatoms. The van der Waals surface area contributed by atoms with Gasteiger partial charge in [0.05, 0.1) is 31.9 Å². The van der Waals surface area contributed by atoms with Gasteiger partial charge in [0.2, 0.25) is 0 Å². The third-order valence-corrected chi connectivity index (χ3v) is 4.91. The Morgan fingerprint density at radius 3 is 2.39 bits per heavy atom. The van der Waals surface area contributed by atoms with Gasteiger partial charge in [0, 0.05) is 18.2 Å². The Morgan fingerprint density at radius 2 is 1.77 bits per heavy atom. The molecule has 9 nitrogen and oxygen atoms in total. The summed E-state index contributed by atoms with van der Waals surface area (Å²) in [6.07, 6.45) is 1.79. The Kier molecular flexibility index (Phi) is 7.03. The molecule has 1 saturated heterocycles. The van der Waals surface area contributed by atoms with E-state index < -0.39 is 5.91 Å². The fourth-order valence-corrected chi connectivity index (χ4v) is 3.43. The number of primary amides is 1. The molecule has 1 aliphatic rings. The first kappa shape index (κ1) is 22.0. The second-order valence-electron chi connectivity index (χ2n) is 6.22. The van der Waals surface area contributed by atoms with Crippen molar-refractivity contribution in [3.8, 4) is 23.0 Å². The van der Waals surface area contributed by atoms with Crippen LogP contribution in [0.3, 0.4) is 0 Å². The highest BCUT2D eigenvalue weighted by Gasteiger charge is 2.24. The third-order valence-electron chi connectivity index (χ3n) is 4.09. The molecule has 3 N–H and O–H groups in total. The van der Waals surface area contributed by atoms with Crippen LogP contribution in [0, 0.1) is 0 Å². The number of nitrogens with two attached hydrogens (primary N) is 1. The predicted molar refractivity (Wildman–Crippen MR) is 118 cm³/mol. The fraction of sp³-hybridized carbons (Fsp3) is 0.190. The maximum Gasteiger partial charge on any atom is 0.289 e. The van der Waals surface area contributed by atoms with Gasteiger partial charge in [-0.1, -0.05) is 6.07 Å². The SMILES string of the molecule is COc1cc(N=C2NC(=O)S/C2=C\c2ccc(OCC(N)=O)c(OC)c2)cc(OC)c1. The second-order valence-corrected chi connectivity index (χ2v) is 7.23. The largest absolute Gasteiger partial charge is 0.497 e. The number of nitrogens with one attached hydrogen (secondary N) is 1. The highest BCUT2D eigenvalue weighted by molar-refractivity contribution is 8.18. The molecule has 1 fully saturated rings. The van der Waals surface area contributed by atoms with E-state index >= 15 is 0 Å². The number of carbonyl (C=O) groups excluding carboxylic acids is 2. The second kappa shape index (κ2) is 9.90. The summed E-state index contributed by atoms with van der Waals surface area (Å²) in [5.41, 5.74) is 6.42. The smallest absolute Gasteiger partial charge is 0.289 e. The van der Waals surface area contributed by atoms with Gasteiger partial charge in [0.25, 0.3) is 11.1 Å². The molecule has 0 aliphatic carbocycles. The van der Waals surface area contributed by atoms with Crippen molar-refractivity contribution < 1.29 is 28.5 Å². The first-order valence-electron chi connectivity index (χ1n) is 9.03. The molecule has 3 rings (SSSR count). The van der Waals surface area contributed by atoms with E-state index in [0.29, 0.717) is 39.4 Å². The van der Waals surface area contributed by atoms with Gasteiger partial charge < -0.3 is 30.0 Å². The van der Waals surface area contributed by atoms with Gasteiger partial charge in [-0.15, -0.1) is 0 Å². The van der Waals surface area contributed by atoms with Crippen LogP contribution in [0.15, 0.2) is 46.3 Å². The van der Waals surface area contributed by atoms with Crippen LogP contribution in [0.1, 0.15) is 5.56 Å². The van der Waals surface area contributed by atoms with Gasteiger partial charge in [-0.2, -0.15) is 0 Å². The zero-order chi connectivity index (χ0) is 22.4. The summed E-state index contributed by atoms with van der Waals surface area (Å²) in [4.78, 5) is 28.1. The molecule has 0 spiro atoms. The zero-order valence-electron chi connectivity index (χ0n) is 17.1. The quantitative estimate of drug-likeness (QED) is 0.643. The van der Waals surface area contributed by atoms with Crippen LogP contribution >= 0.6 is 11.8 Å². The summed E-state index contributed by atoms with van der Waals surface area (Å²) < 4.78 is 21.2. The Labute approximate surface area is 183 Å². The lowest BCUT2D eigenvalue weighted by Crippen LogP contribution is -2.20. The molecule has 31 heavy (non-hydrogen) atoms. The number of methoxy groups -OCH3 is 3. The number of ether oxygens (including phenoxy) is 4. The molecule has 0 bridgehead atoms. The van der Waals surface area contributed by atoms with E-state index in [0.717, 1.165) is 17.3 Å². The van der Waals surface area contributed by atoms with E-state index in [1.807, 2.05) is 0 Å². The lowest BCUT2D eigenvalue weighted by atomic mass is 10.2. The van der Waals surface area contributed by atoms with E-state index in [2.05, 4.69) is 10.3 Å². The van der Waals surface area contributed by atoms with Crippen molar-refractivity contribution in [2.24, 2.45) is 10.7 Å². The van der Waals surface area contributed by atoms with E-state index in [9.17, 15) is 9.59 Å². The molecule has 2 amide bonds. The number of hydrogen-bond donors (Lipinski definition) is 2. The maximum atomic E-state index is 12.0. The Morgan fingerprint density at radius 1 is 1.06 bits per heavy atom. The molecule has 0 unspecified atom stereocenters. The Balaban J connectivity index is 1.93. The summed E-state index contributed by atoms with van der Waals surface area (Å²) >= 11 is 1.02. The summed E-state index contributed by atoms with van der Waals surface area (Å²) in [5, 5.41) is 2.49. The van der Waals surface area contributed by atoms with E-state index in [1.54, 1.807) is 56.7 Å². The molecule has 0 saturated carbocycles. The van der Waals surface area contributed by atoms with Crippen molar-refractivity contribution >= 4 is 40.5 Å². The molecule has 162 valence electrons. The van der Waals surface area contributed by atoms with Crippen LogP contribution in [0.5, 0.6) is 23.0 Å². The van der Waals surface area contributed by atoms with Gasteiger partial charge in [-0.3, -0.25) is 9.59 Å². The molecule has 0 atom stereocenters. The first-order valence-corrected chi connectivity index (χ1v) is 9.85. The summed E-state index contributed by atoms with van der Waals surface area (Å²) in [6.45, 7) is -0.258. The minimum Gasteiger partial charge on any atom is -0.497 e. The van der Waals surface area contributed by atoms with Crippen LogP contribution in [0.25, 0.3) is 6.08 Å². The number of aliphatic imine (C=N–C) groups is 1. The van der Waals surface area contributed by atoms with E-state index in [-0.39, 0.29) is 11.8 Å². The minimum atomic E-state index is -0.588. The number of hydrogen-bond acceptors (Lipinski definition) is 8. The minimum absolute atomic E-state index is 0.242. The van der Waals surface area contributed by atoms with Crippen LogP contribution in [-0.4, -0.2) is 44.9 Å². The number of amides is 2. The summed E-state index contributed by atoms with van der Waals surface area (Å²) in [5.74, 6) is 1.78. The summed E-state index contributed by atoms with van der Waals surface area (Å²) in [6, 6.07) is 10.3. The fourth-order valence-electron chi connectivity index (χ4n) is 2.69. The van der Waals surface area contributed by atoms with E-state index in [1.165, 1.54) is 7.11 Å². The van der Waals surface area contributed by atoms with Crippen LogP contribution in [-0.2, 0) is 4.79 Å². The Bertz CT molecular complexity index is 1040. The molecule has 1 heterocycles. The van der Waals surface area contributed by atoms with Crippen molar-refractivity contribution in [1.82, 2.24) is 5.32 Å². The van der Waals surface area contributed by atoms with E-state index in [4.69, 9.17) is 24.7 Å². The Hall–Kier alpha value is -3.66. The average Bonchev–Trinajstić information content (AvgIpc) is 3.10. The monoisotopic (exact) mass is 443 g/mol. The lowest BCUT2D eigenvalue weighted by Gasteiger charge is -2.10. The van der Waals surface area contributed by atoms with Crippen molar-refractivity contribution in [3.63, 3.8) is 0 Å². The van der Waals surface area contributed by atoms with Gasteiger partial charge in [0.1, 0.15) is 17.3 Å². The molecule has 0 aromatic heterocycles. The number of nitrogens with zero attached hydrogens (tertiary/aromatic N) is 1. The number of rotatable bonds is 8. The van der Waals surface area contributed by atoms with Crippen molar-refractivity contribution in [2.75, 3.05) is 27.9 Å². The molecule has 2 aromatic rings. The highest BCUT2D eigenvalue weighted by atomic mass is 32.2. The molecular formula is C21H21N3O6S. The van der Waals surface area contributed by atoms with Crippen LogP contribution in [0.4, 0.5) is 10.5 Å². The number of benzene rings is 2. The van der Waals surface area contributed by atoms with Crippen molar-refractivity contribution in [2.45, 2.75) is 0 Å². The zero-order valence-corrected chi connectivity index (χ0v) is 17.9. The molecule has 0 radical (unpaired) electrons. The normalized spacial score (nSPS) is 15.6. The van der Waals surface area contributed by atoms with Gasteiger partial charge in [-0.25, -0.2) is 4.99 Å². The van der Waals surface area contributed by atoms with Gasteiger partial charge in [-0.05, 0) is 35.5 Å². The first-order chi connectivity index (χ1) is 14.9. The van der Waals surface area contributed by atoms with Crippen molar-refractivity contribution in [3.05, 3.63) is 46.9 Å². The highest BCUT2D eigenvalue weighted by Crippen LogP contribution is 2.34. The summed E-state index contributed by atoms with van der Waals surface area (Å²) in [7, 11) is 4.59. The standard InChI is InChI=1S/C21H21N3O6S/c1-27-14-8-13(9-15(10-14)28-2)23-20-18(31-21(26)24-20)7-12-4-5-16(17(6-12)29-3)30-11-19(22)25/h4-10H,11H2,1-3H3,(H2,22,25)(H,23,24,26)/b18-7-. The van der Waals surface area contributed by atoms with Gasteiger partial charge in [0.15, 0.2) is 18.1 Å². The number of amidine groups is 1. The van der Waals surface area contributed by atoms with Crippen LogP contribution in [0.2, 0.25) is 0 Å². The number of carbonyl (C=O) groups is 2. The van der Waals surface area contributed by atoms with Gasteiger partial charge >= 0.3 is 0 Å². The van der Waals surface area contributed by atoms with Crippen LogP contribution < -0.4 is 30.0 Å². The molecular weight excluding hydrogens is 422 g/mol. The number of thioether (sulfide) groups is 1. The lowest BCUT2D eigenvalue weighted by molar-refractivity contribution is -0.119. The third kappa shape index (κ3) is 5.70. The molecule has 2 aromatic carbocycles. The molecule has 1 aliphatic heterocycles. The average molecular weight is 443 g/mol. The topological polar surface area (TPSA) is 121 Å². The van der Waals surface area contributed by atoms with Crippen molar-refractivity contribution in [1.29, 1.82) is 0 Å². The maximum absolute atomic E-state index is 12.0.